The summed E-state index contributed by atoms with van der Waals surface area (Å²) in [6.07, 6.45) is 4.32. The number of nitrogens with zero attached hydrogens (tertiary/aromatic N) is 1. The third kappa shape index (κ3) is 4.55. The number of benzene rings is 1. The summed E-state index contributed by atoms with van der Waals surface area (Å²) in [6.45, 7) is 5.50. The average Bonchev–Trinajstić information content (AvgIpc) is 2.38. The van der Waals surface area contributed by atoms with Crippen LogP contribution in [-0.4, -0.2) is 41.7 Å². The molecule has 1 aromatic rings. The maximum absolute atomic E-state index is 12.2. The Balaban J connectivity index is 1.90. The van der Waals surface area contributed by atoms with Gasteiger partial charge in [0.15, 0.2) is 0 Å². The molecule has 116 valence electrons. The highest BCUT2D eigenvalue weighted by molar-refractivity contribution is 5.92. The van der Waals surface area contributed by atoms with Crippen molar-refractivity contribution in [2.45, 2.75) is 45.6 Å². The number of aliphatic hydroxyl groups excluding tert-OH is 1. The molecule has 0 bridgehead atoms. The number of nitrogens with one attached hydrogen (secondary N) is 1. The Morgan fingerprint density at radius 1 is 1.33 bits per heavy atom. The molecule has 0 spiro atoms. The highest BCUT2D eigenvalue weighted by Gasteiger charge is 2.26. The van der Waals surface area contributed by atoms with Crippen LogP contribution in [0.25, 0.3) is 0 Å². The van der Waals surface area contributed by atoms with E-state index < -0.39 is 0 Å². The number of hydrogen-bond donors (Lipinski definition) is 2. The van der Waals surface area contributed by atoms with Gasteiger partial charge in [0, 0.05) is 24.9 Å². The summed E-state index contributed by atoms with van der Waals surface area (Å²) in [5.74, 6) is 0.0306. The van der Waals surface area contributed by atoms with Crippen LogP contribution in [0, 0.1) is 13.8 Å². The number of anilines is 1. The Kier molecular flexibility index (Phi) is 5.76. The number of aliphatic hydroxyl groups is 1. The Morgan fingerprint density at radius 2 is 2.10 bits per heavy atom. The van der Waals surface area contributed by atoms with Crippen molar-refractivity contribution in [3.05, 3.63) is 29.3 Å². The van der Waals surface area contributed by atoms with E-state index >= 15 is 0 Å². The maximum Gasteiger partial charge on any atom is 0.238 e. The number of aryl methyl sites for hydroxylation is 2. The first-order chi connectivity index (χ1) is 10.1. The molecule has 0 heterocycles. The highest BCUT2D eigenvalue weighted by atomic mass is 16.3. The van der Waals surface area contributed by atoms with E-state index in [9.17, 15) is 4.79 Å². The predicted molar refractivity (Wildman–Crippen MR) is 85.5 cm³/mol. The Morgan fingerprint density at radius 3 is 2.67 bits per heavy atom. The quantitative estimate of drug-likeness (QED) is 0.811. The fraction of sp³-hybridized carbons (Fsp3) is 0.588. The second-order valence-electron chi connectivity index (χ2n) is 5.98. The molecule has 0 unspecified atom stereocenters. The first-order valence-electron chi connectivity index (χ1n) is 7.82. The minimum atomic E-state index is 0.0306. The van der Waals surface area contributed by atoms with Gasteiger partial charge in [-0.25, -0.2) is 0 Å². The van der Waals surface area contributed by atoms with Gasteiger partial charge < -0.3 is 10.4 Å². The van der Waals surface area contributed by atoms with E-state index in [1.165, 1.54) is 30.4 Å². The lowest BCUT2D eigenvalue weighted by Gasteiger charge is -2.37. The minimum absolute atomic E-state index is 0.0306. The van der Waals surface area contributed by atoms with Gasteiger partial charge in [-0.1, -0.05) is 12.5 Å². The molecule has 1 aliphatic rings. The van der Waals surface area contributed by atoms with Crippen molar-refractivity contribution >= 4 is 11.6 Å². The van der Waals surface area contributed by atoms with Crippen LogP contribution in [0.2, 0.25) is 0 Å². The van der Waals surface area contributed by atoms with Crippen molar-refractivity contribution in [2.75, 3.05) is 25.0 Å². The molecule has 1 fully saturated rings. The lowest BCUT2D eigenvalue weighted by atomic mass is 9.91. The molecular weight excluding hydrogens is 264 g/mol. The second kappa shape index (κ2) is 7.57. The average molecular weight is 290 g/mol. The van der Waals surface area contributed by atoms with Crippen LogP contribution < -0.4 is 5.32 Å². The van der Waals surface area contributed by atoms with Gasteiger partial charge in [-0.15, -0.1) is 0 Å². The molecule has 21 heavy (non-hydrogen) atoms. The molecule has 1 aromatic carbocycles. The van der Waals surface area contributed by atoms with E-state index in [4.69, 9.17) is 5.11 Å². The minimum Gasteiger partial charge on any atom is -0.396 e. The van der Waals surface area contributed by atoms with Crippen LogP contribution in [0.3, 0.4) is 0 Å². The zero-order valence-electron chi connectivity index (χ0n) is 13.1. The monoisotopic (exact) mass is 290 g/mol. The van der Waals surface area contributed by atoms with Crippen LogP contribution in [-0.2, 0) is 4.79 Å². The van der Waals surface area contributed by atoms with Crippen LogP contribution in [0.5, 0.6) is 0 Å². The van der Waals surface area contributed by atoms with Crippen molar-refractivity contribution in [3.63, 3.8) is 0 Å². The van der Waals surface area contributed by atoms with Crippen molar-refractivity contribution < 1.29 is 9.90 Å². The smallest absolute Gasteiger partial charge is 0.238 e. The molecule has 0 atom stereocenters. The lowest BCUT2D eigenvalue weighted by molar-refractivity contribution is -0.118. The number of rotatable bonds is 7. The van der Waals surface area contributed by atoms with Gasteiger partial charge in [0.2, 0.25) is 5.91 Å². The van der Waals surface area contributed by atoms with Crippen molar-refractivity contribution in [2.24, 2.45) is 0 Å². The molecule has 4 heteroatoms. The van der Waals surface area contributed by atoms with Crippen LogP contribution >= 0.6 is 0 Å². The molecule has 0 aromatic heterocycles. The van der Waals surface area contributed by atoms with Gasteiger partial charge in [-0.2, -0.15) is 0 Å². The third-order valence-corrected chi connectivity index (χ3v) is 4.33. The topological polar surface area (TPSA) is 52.6 Å². The fourth-order valence-corrected chi connectivity index (χ4v) is 2.62. The molecule has 2 N–H and O–H groups in total. The van der Waals surface area contributed by atoms with E-state index in [1.54, 1.807) is 0 Å². The third-order valence-electron chi connectivity index (χ3n) is 4.33. The SMILES string of the molecule is Cc1ccc(NC(=O)CN(CCCO)C2CCC2)cc1C. The van der Waals surface area contributed by atoms with Gasteiger partial charge in [0.25, 0.3) is 0 Å². The predicted octanol–water partition coefficient (Wildman–Crippen LogP) is 2.48. The second-order valence-corrected chi connectivity index (χ2v) is 5.98. The molecule has 1 amide bonds. The van der Waals surface area contributed by atoms with Crippen LogP contribution in [0.15, 0.2) is 18.2 Å². The zero-order valence-corrected chi connectivity index (χ0v) is 13.1. The summed E-state index contributed by atoms with van der Waals surface area (Å²) in [7, 11) is 0. The standard InChI is InChI=1S/C17H26N2O2/c1-13-7-8-15(11-14(13)2)18-17(21)12-19(9-4-10-20)16-5-3-6-16/h7-8,11,16,20H,3-6,9-10,12H2,1-2H3,(H,18,21). The van der Waals surface area contributed by atoms with E-state index in [0.717, 1.165) is 18.7 Å². The molecule has 2 rings (SSSR count). The summed E-state index contributed by atoms with van der Waals surface area (Å²) in [5.41, 5.74) is 3.27. The number of hydrogen-bond acceptors (Lipinski definition) is 3. The summed E-state index contributed by atoms with van der Waals surface area (Å²) in [6, 6.07) is 6.50. The summed E-state index contributed by atoms with van der Waals surface area (Å²) in [4.78, 5) is 14.4. The lowest BCUT2D eigenvalue weighted by Crippen LogP contribution is -2.45. The maximum atomic E-state index is 12.2. The van der Waals surface area contributed by atoms with E-state index in [1.807, 2.05) is 25.1 Å². The van der Waals surface area contributed by atoms with Crippen molar-refractivity contribution in [1.82, 2.24) is 4.90 Å². The first-order valence-corrected chi connectivity index (χ1v) is 7.82. The van der Waals surface area contributed by atoms with Gasteiger partial charge in [-0.3, -0.25) is 9.69 Å². The zero-order chi connectivity index (χ0) is 15.2. The largest absolute Gasteiger partial charge is 0.396 e. The van der Waals surface area contributed by atoms with Gasteiger partial charge >= 0.3 is 0 Å². The molecule has 4 nitrogen and oxygen atoms in total. The van der Waals surface area contributed by atoms with E-state index in [0.29, 0.717) is 12.6 Å². The summed E-state index contributed by atoms with van der Waals surface area (Å²) >= 11 is 0. The van der Waals surface area contributed by atoms with E-state index in [2.05, 4.69) is 17.1 Å². The van der Waals surface area contributed by atoms with Gasteiger partial charge in [0.05, 0.1) is 6.54 Å². The van der Waals surface area contributed by atoms with Crippen LogP contribution in [0.1, 0.15) is 36.8 Å². The van der Waals surface area contributed by atoms with Crippen LogP contribution in [0.4, 0.5) is 5.69 Å². The summed E-state index contributed by atoms with van der Waals surface area (Å²) < 4.78 is 0. The highest BCUT2D eigenvalue weighted by Crippen LogP contribution is 2.24. The fourth-order valence-electron chi connectivity index (χ4n) is 2.62. The van der Waals surface area contributed by atoms with E-state index in [-0.39, 0.29) is 12.5 Å². The Bertz CT molecular complexity index is 484. The van der Waals surface area contributed by atoms with Crippen molar-refractivity contribution in [3.8, 4) is 0 Å². The van der Waals surface area contributed by atoms with Gasteiger partial charge in [0.1, 0.15) is 0 Å². The Labute approximate surface area is 127 Å². The first kappa shape index (κ1) is 16.0. The number of carbonyl (C=O) groups is 1. The van der Waals surface area contributed by atoms with Gasteiger partial charge in [-0.05, 0) is 56.4 Å². The molecule has 0 saturated heterocycles. The molecular formula is C17H26N2O2. The van der Waals surface area contributed by atoms with Crippen molar-refractivity contribution in [1.29, 1.82) is 0 Å². The molecule has 0 aliphatic heterocycles. The normalized spacial score (nSPS) is 15.0. The molecule has 1 aliphatic carbocycles. The Hall–Kier alpha value is -1.39. The summed E-state index contributed by atoms with van der Waals surface area (Å²) in [5, 5.41) is 12.0. The molecule has 0 radical (unpaired) electrons. The molecule has 1 saturated carbocycles. The number of amides is 1. The number of carbonyl (C=O) groups excluding carboxylic acids is 1.